The molecular weight excluding hydrogens is 346 g/mol. The summed E-state index contributed by atoms with van der Waals surface area (Å²) in [6.07, 6.45) is 2.87. The lowest BCUT2D eigenvalue weighted by Gasteiger charge is -2.22. The lowest BCUT2D eigenvalue weighted by molar-refractivity contribution is -0.150. The molecule has 4 nitrogen and oxygen atoms in total. The van der Waals surface area contributed by atoms with E-state index in [0.29, 0.717) is 23.6 Å². The molecule has 1 aliphatic rings. The number of aliphatic carboxylic acids is 1. The van der Waals surface area contributed by atoms with Gasteiger partial charge in [0.1, 0.15) is 0 Å². The molecule has 108 valence electrons. The van der Waals surface area contributed by atoms with E-state index in [9.17, 15) is 14.7 Å². The van der Waals surface area contributed by atoms with Crippen LogP contribution < -0.4 is 5.32 Å². The maximum absolute atomic E-state index is 12.0. The van der Waals surface area contributed by atoms with Gasteiger partial charge in [0.25, 0.3) is 0 Å². The van der Waals surface area contributed by atoms with Crippen LogP contribution in [-0.4, -0.2) is 17.0 Å². The molecule has 0 radical (unpaired) electrons. The Kier molecular flexibility index (Phi) is 4.70. The first-order valence-electron chi connectivity index (χ1n) is 6.41. The Hall–Kier alpha value is -1.07. The summed E-state index contributed by atoms with van der Waals surface area (Å²) in [7, 11) is 0. The summed E-state index contributed by atoms with van der Waals surface area (Å²) >= 11 is 9.22. The number of amides is 1. The molecule has 0 aliphatic heterocycles. The Morgan fingerprint density at radius 1 is 1.35 bits per heavy atom. The van der Waals surface area contributed by atoms with E-state index in [-0.39, 0.29) is 12.3 Å². The van der Waals surface area contributed by atoms with E-state index in [0.717, 1.165) is 17.3 Å². The average Bonchev–Trinajstić information content (AvgIpc) is 2.83. The molecule has 1 aliphatic carbocycles. The van der Waals surface area contributed by atoms with Crippen LogP contribution in [0, 0.1) is 5.41 Å². The second-order valence-corrected chi connectivity index (χ2v) is 6.41. The van der Waals surface area contributed by atoms with E-state index < -0.39 is 11.4 Å². The molecule has 1 fully saturated rings. The zero-order valence-corrected chi connectivity index (χ0v) is 13.1. The van der Waals surface area contributed by atoms with Gasteiger partial charge in [-0.15, -0.1) is 0 Å². The van der Waals surface area contributed by atoms with Crippen molar-refractivity contribution in [3.05, 3.63) is 27.7 Å². The Morgan fingerprint density at radius 2 is 2.00 bits per heavy atom. The van der Waals surface area contributed by atoms with Crippen LogP contribution in [0.15, 0.2) is 22.7 Å². The average molecular weight is 361 g/mol. The summed E-state index contributed by atoms with van der Waals surface area (Å²) < 4.78 is 0.745. The fourth-order valence-electron chi connectivity index (χ4n) is 2.60. The van der Waals surface area contributed by atoms with Crippen LogP contribution in [-0.2, 0) is 9.59 Å². The molecule has 2 rings (SSSR count). The number of nitrogens with one attached hydrogen (secondary N) is 1. The van der Waals surface area contributed by atoms with Gasteiger partial charge in [-0.25, -0.2) is 0 Å². The van der Waals surface area contributed by atoms with E-state index in [4.69, 9.17) is 11.6 Å². The molecule has 0 aromatic heterocycles. The quantitative estimate of drug-likeness (QED) is 0.850. The predicted molar refractivity (Wildman–Crippen MR) is 80.9 cm³/mol. The number of carboxylic acids is 1. The van der Waals surface area contributed by atoms with Crippen molar-refractivity contribution >= 4 is 45.1 Å². The summed E-state index contributed by atoms with van der Waals surface area (Å²) in [5, 5.41) is 12.6. The summed E-state index contributed by atoms with van der Waals surface area (Å²) in [5.74, 6) is -1.16. The molecule has 1 saturated carbocycles. The highest BCUT2D eigenvalue weighted by atomic mass is 79.9. The zero-order chi connectivity index (χ0) is 14.8. The fourth-order valence-corrected chi connectivity index (χ4v) is 3.03. The number of anilines is 1. The van der Waals surface area contributed by atoms with E-state index in [2.05, 4.69) is 21.2 Å². The summed E-state index contributed by atoms with van der Waals surface area (Å²) in [6, 6.07) is 5.09. The van der Waals surface area contributed by atoms with Crippen molar-refractivity contribution < 1.29 is 14.7 Å². The minimum Gasteiger partial charge on any atom is -0.481 e. The van der Waals surface area contributed by atoms with E-state index in [1.54, 1.807) is 18.2 Å². The van der Waals surface area contributed by atoms with E-state index in [1.165, 1.54) is 0 Å². The van der Waals surface area contributed by atoms with Crippen molar-refractivity contribution in [1.29, 1.82) is 0 Å². The van der Waals surface area contributed by atoms with E-state index >= 15 is 0 Å². The second-order valence-electron chi connectivity index (χ2n) is 5.15. The van der Waals surface area contributed by atoms with Gasteiger partial charge >= 0.3 is 5.97 Å². The highest BCUT2D eigenvalue weighted by Gasteiger charge is 2.42. The third kappa shape index (κ3) is 3.33. The SMILES string of the molecule is O=C(CC1(C(=O)O)CCCC1)Nc1ccc(Br)c(Cl)c1. The molecule has 0 bridgehead atoms. The molecule has 2 N–H and O–H groups in total. The molecule has 0 heterocycles. The third-order valence-electron chi connectivity index (χ3n) is 3.72. The van der Waals surface area contributed by atoms with Crippen molar-refractivity contribution in [3.63, 3.8) is 0 Å². The van der Waals surface area contributed by atoms with Gasteiger partial charge in [0, 0.05) is 16.6 Å². The molecule has 6 heteroatoms. The number of carbonyl (C=O) groups is 2. The number of hydrogen-bond acceptors (Lipinski definition) is 2. The topological polar surface area (TPSA) is 66.4 Å². The second kappa shape index (κ2) is 6.14. The van der Waals surface area contributed by atoms with Crippen LogP contribution >= 0.6 is 27.5 Å². The molecule has 1 amide bonds. The van der Waals surface area contributed by atoms with Crippen molar-refractivity contribution in [2.75, 3.05) is 5.32 Å². The normalized spacial score (nSPS) is 16.9. The highest BCUT2D eigenvalue weighted by molar-refractivity contribution is 9.10. The maximum atomic E-state index is 12.0. The van der Waals surface area contributed by atoms with Crippen LogP contribution in [0.2, 0.25) is 5.02 Å². The monoisotopic (exact) mass is 359 g/mol. The minimum absolute atomic E-state index is 0.00994. The first-order valence-corrected chi connectivity index (χ1v) is 7.58. The van der Waals surface area contributed by atoms with Gasteiger partial charge in [-0.05, 0) is 47.0 Å². The summed E-state index contributed by atoms with van der Waals surface area (Å²) in [4.78, 5) is 23.4. The van der Waals surface area contributed by atoms with Crippen molar-refractivity contribution in [2.24, 2.45) is 5.41 Å². The number of carboxylic acid groups (broad SMARTS) is 1. The van der Waals surface area contributed by atoms with E-state index in [1.807, 2.05) is 0 Å². The molecule has 0 spiro atoms. The Morgan fingerprint density at radius 3 is 2.55 bits per heavy atom. The van der Waals surface area contributed by atoms with Gasteiger partial charge in [0.2, 0.25) is 5.91 Å². The number of halogens is 2. The van der Waals surface area contributed by atoms with Crippen LogP contribution in [0.4, 0.5) is 5.69 Å². The molecule has 1 aromatic rings. The summed E-state index contributed by atoms with van der Waals surface area (Å²) in [6.45, 7) is 0. The number of carbonyl (C=O) groups excluding carboxylic acids is 1. The standard InChI is InChI=1S/C14H15BrClNO3/c15-10-4-3-9(7-11(10)16)17-12(18)8-14(13(19)20)5-1-2-6-14/h3-4,7H,1-2,5-6,8H2,(H,17,18)(H,19,20). The van der Waals surface area contributed by atoms with Crippen molar-refractivity contribution in [3.8, 4) is 0 Å². The Balaban J connectivity index is 2.04. The smallest absolute Gasteiger partial charge is 0.310 e. The van der Waals surface area contributed by atoms with Gasteiger partial charge in [-0.1, -0.05) is 24.4 Å². The van der Waals surface area contributed by atoms with Gasteiger partial charge in [-0.3, -0.25) is 9.59 Å². The molecule has 0 saturated heterocycles. The van der Waals surface area contributed by atoms with Crippen LogP contribution in [0.5, 0.6) is 0 Å². The maximum Gasteiger partial charge on any atom is 0.310 e. The Labute approximate surface area is 130 Å². The van der Waals surface area contributed by atoms with Gasteiger partial charge < -0.3 is 10.4 Å². The largest absolute Gasteiger partial charge is 0.481 e. The van der Waals surface area contributed by atoms with Crippen molar-refractivity contribution in [1.82, 2.24) is 0 Å². The van der Waals surface area contributed by atoms with Crippen LogP contribution in [0.25, 0.3) is 0 Å². The van der Waals surface area contributed by atoms with Crippen LogP contribution in [0.3, 0.4) is 0 Å². The van der Waals surface area contributed by atoms with Gasteiger partial charge in [0.05, 0.1) is 10.4 Å². The number of rotatable bonds is 4. The molecule has 0 unspecified atom stereocenters. The highest BCUT2D eigenvalue weighted by Crippen LogP contribution is 2.41. The Bertz CT molecular complexity index is 541. The first kappa shape index (κ1) is 15.3. The third-order valence-corrected chi connectivity index (χ3v) is 4.95. The van der Waals surface area contributed by atoms with Gasteiger partial charge in [-0.2, -0.15) is 0 Å². The molecule has 1 aromatic carbocycles. The fraction of sp³-hybridized carbons (Fsp3) is 0.429. The lowest BCUT2D eigenvalue weighted by atomic mass is 9.82. The first-order chi connectivity index (χ1) is 9.43. The molecule has 20 heavy (non-hydrogen) atoms. The number of benzene rings is 1. The van der Waals surface area contributed by atoms with Gasteiger partial charge in [0.15, 0.2) is 0 Å². The van der Waals surface area contributed by atoms with Crippen molar-refractivity contribution in [2.45, 2.75) is 32.1 Å². The zero-order valence-electron chi connectivity index (χ0n) is 10.8. The molecule has 0 atom stereocenters. The molecular formula is C14H15BrClNO3. The van der Waals surface area contributed by atoms with Crippen LogP contribution in [0.1, 0.15) is 32.1 Å². The predicted octanol–water partition coefficient (Wildman–Crippen LogP) is 4.08. The summed E-state index contributed by atoms with van der Waals surface area (Å²) in [5.41, 5.74) is -0.329. The minimum atomic E-state index is -0.900. The number of hydrogen-bond donors (Lipinski definition) is 2. The lowest BCUT2D eigenvalue weighted by Crippen LogP contribution is -2.32.